The van der Waals surface area contributed by atoms with Gasteiger partial charge in [0, 0.05) is 35.6 Å². The van der Waals surface area contributed by atoms with Crippen molar-refractivity contribution in [3.8, 4) is 12.3 Å². The van der Waals surface area contributed by atoms with Crippen LogP contribution >= 0.6 is 15.9 Å². The molecule has 4 nitrogen and oxygen atoms in total. The molecule has 1 unspecified atom stereocenters. The molecule has 18 heavy (non-hydrogen) atoms. The zero-order valence-corrected chi connectivity index (χ0v) is 11.7. The van der Waals surface area contributed by atoms with Crippen molar-refractivity contribution < 1.29 is 4.92 Å². The van der Waals surface area contributed by atoms with E-state index in [4.69, 9.17) is 6.42 Å². The van der Waals surface area contributed by atoms with E-state index in [2.05, 4.69) is 34.1 Å². The van der Waals surface area contributed by atoms with Crippen molar-refractivity contribution in [3.05, 3.63) is 38.3 Å². The Kier molecular flexibility index (Phi) is 5.83. The summed E-state index contributed by atoms with van der Waals surface area (Å²) >= 11 is 3.27. The van der Waals surface area contributed by atoms with E-state index in [0.717, 1.165) is 12.0 Å². The minimum atomic E-state index is -0.396. The number of nitro groups is 1. The second-order valence-electron chi connectivity index (χ2n) is 3.97. The third-order valence-corrected chi connectivity index (χ3v) is 3.06. The minimum absolute atomic E-state index is 0.0890. The third-order valence-electron chi connectivity index (χ3n) is 2.61. The van der Waals surface area contributed by atoms with E-state index in [9.17, 15) is 10.1 Å². The summed E-state index contributed by atoms with van der Waals surface area (Å²) < 4.78 is 0.707. The van der Waals surface area contributed by atoms with Crippen molar-refractivity contribution in [1.29, 1.82) is 0 Å². The first-order valence-electron chi connectivity index (χ1n) is 5.67. The summed E-state index contributed by atoms with van der Waals surface area (Å²) in [6, 6.07) is 5.17. The number of terminal acetylenes is 1. The minimum Gasteiger partial charge on any atom is -0.309 e. The predicted molar refractivity (Wildman–Crippen MR) is 75.2 cm³/mol. The van der Waals surface area contributed by atoms with Gasteiger partial charge in [0.05, 0.1) is 4.92 Å². The average Bonchev–Trinajstić information content (AvgIpc) is 2.33. The van der Waals surface area contributed by atoms with Crippen LogP contribution in [0, 0.1) is 22.5 Å². The molecule has 96 valence electrons. The molecular weight excluding hydrogens is 296 g/mol. The number of hydrogen-bond donors (Lipinski definition) is 1. The molecule has 0 radical (unpaired) electrons. The number of non-ortho nitro benzene ring substituents is 1. The lowest BCUT2D eigenvalue weighted by Crippen LogP contribution is -2.27. The molecule has 0 saturated carbocycles. The first kappa shape index (κ1) is 14.7. The molecule has 5 heteroatoms. The van der Waals surface area contributed by atoms with Gasteiger partial charge >= 0.3 is 0 Å². The van der Waals surface area contributed by atoms with Crippen molar-refractivity contribution in [2.45, 2.75) is 32.4 Å². The van der Waals surface area contributed by atoms with Crippen molar-refractivity contribution >= 4 is 21.6 Å². The predicted octanol–water partition coefficient (Wildman–Crippen LogP) is 3.25. The van der Waals surface area contributed by atoms with E-state index in [1.54, 1.807) is 6.07 Å². The van der Waals surface area contributed by atoms with Crippen molar-refractivity contribution in [3.63, 3.8) is 0 Å². The van der Waals surface area contributed by atoms with Gasteiger partial charge in [0.2, 0.25) is 0 Å². The van der Waals surface area contributed by atoms with Crippen LogP contribution in [0.25, 0.3) is 0 Å². The van der Waals surface area contributed by atoms with E-state index in [1.165, 1.54) is 6.07 Å². The van der Waals surface area contributed by atoms with E-state index in [1.807, 2.05) is 6.07 Å². The van der Waals surface area contributed by atoms with Crippen molar-refractivity contribution in [2.75, 3.05) is 0 Å². The Morgan fingerprint density at radius 3 is 2.83 bits per heavy atom. The lowest BCUT2D eigenvalue weighted by atomic mass is 10.1. The molecular formula is C13H15BrN2O2. The van der Waals surface area contributed by atoms with E-state index < -0.39 is 4.92 Å². The quantitative estimate of drug-likeness (QED) is 0.498. The van der Waals surface area contributed by atoms with Crippen LogP contribution in [-0.4, -0.2) is 11.0 Å². The van der Waals surface area contributed by atoms with Gasteiger partial charge in [-0.15, -0.1) is 12.3 Å². The molecule has 0 fully saturated rings. The second-order valence-corrected chi connectivity index (χ2v) is 4.88. The molecule has 0 aliphatic rings. The first-order valence-corrected chi connectivity index (χ1v) is 6.46. The van der Waals surface area contributed by atoms with E-state index >= 15 is 0 Å². The molecule has 0 aliphatic carbocycles. The normalized spacial score (nSPS) is 11.8. The van der Waals surface area contributed by atoms with Gasteiger partial charge in [-0.1, -0.05) is 22.9 Å². The lowest BCUT2D eigenvalue weighted by Gasteiger charge is -2.14. The molecule has 1 aromatic rings. The summed E-state index contributed by atoms with van der Waals surface area (Å²) in [6.07, 6.45) is 6.87. The van der Waals surface area contributed by atoms with Gasteiger partial charge in [-0.05, 0) is 18.1 Å². The molecule has 0 aromatic heterocycles. The number of hydrogen-bond acceptors (Lipinski definition) is 3. The smallest absolute Gasteiger partial charge is 0.270 e. The highest BCUT2D eigenvalue weighted by Gasteiger charge is 2.10. The maximum Gasteiger partial charge on any atom is 0.270 e. The Hall–Kier alpha value is -1.38. The average molecular weight is 311 g/mol. The van der Waals surface area contributed by atoms with Gasteiger partial charge in [-0.25, -0.2) is 0 Å². The fraction of sp³-hybridized carbons (Fsp3) is 0.385. The van der Waals surface area contributed by atoms with Crippen LogP contribution in [0.15, 0.2) is 22.7 Å². The largest absolute Gasteiger partial charge is 0.309 e. The fourth-order valence-corrected chi connectivity index (χ4v) is 2.13. The van der Waals surface area contributed by atoms with Crippen LogP contribution in [0.1, 0.15) is 25.3 Å². The third kappa shape index (κ3) is 4.47. The molecule has 1 atom stereocenters. The summed E-state index contributed by atoms with van der Waals surface area (Å²) in [6.45, 7) is 2.62. The highest BCUT2D eigenvalue weighted by atomic mass is 79.9. The van der Waals surface area contributed by atoms with Crippen LogP contribution in [0.4, 0.5) is 5.69 Å². The first-order chi connectivity index (χ1) is 8.56. The molecule has 1 aromatic carbocycles. The molecule has 0 heterocycles. The fourth-order valence-electron chi connectivity index (χ4n) is 1.61. The summed E-state index contributed by atoms with van der Waals surface area (Å²) in [4.78, 5) is 10.3. The summed E-state index contributed by atoms with van der Waals surface area (Å²) in [5.41, 5.74) is 0.956. The summed E-state index contributed by atoms with van der Waals surface area (Å²) in [5.74, 6) is 2.62. The van der Waals surface area contributed by atoms with Crippen LogP contribution < -0.4 is 5.32 Å². The van der Waals surface area contributed by atoms with E-state index in [-0.39, 0.29) is 11.7 Å². The molecule has 1 rings (SSSR count). The molecule has 1 N–H and O–H groups in total. The van der Waals surface area contributed by atoms with Gasteiger partial charge in [-0.3, -0.25) is 10.1 Å². The monoisotopic (exact) mass is 310 g/mol. The SMILES string of the molecule is C#CCC(CC)NCc1cc(Br)cc([N+](=O)[O-])c1. The highest BCUT2D eigenvalue weighted by Crippen LogP contribution is 2.21. The molecule has 0 spiro atoms. The number of benzene rings is 1. The maximum absolute atomic E-state index is 10.7. The van der Waals surface area contributed by atoms with Gasteiger partial charge < -0.3 is 5.32 Å². The standard InChI is InChI=1S/C13H15BrN2O2/c1-3-5-12(4-2)15-9-10-6-11(14)8-13(7-10)16(17)18/h1,6-8,12,15H,4-5,9H2,2H3. The number of nitrogens with one attached hydrogen (secondary N) is 1. The van der Waals surface area contributed by atoms with Gasteiger partial charge in [0.25, 0.3) is 5.69 Å². The Labute approximate surface area is 115 Å². The number of rotatable bonds is 6. The van der Waals surface area contributed by atoms with E-state index in [0.29, 0.717) is 17.4 Å². The molecule has 0 amide bonds. The Balaban J connectivity index is 2.73. The zero-order chi connectivity index (χ0) is 13.5. The molecule has 0 saturated heterocycles. The lowest BCUT2D eigenvalue weighted by molar-refractivity contribution is -0.385. The summed E-state index contributed by atoms with van der Waals surface area (Å²) in [7, 11) is 0. The van der Waals surface area contributed by atoms with Crippen molar-refractivity contribution in [2.24, 2.45) is 0 Å². The Morgan fingerprint density at radius 2 is 2.28 bits per heavy atom. The van der Waals surface area contributed by atoms with Crippen LogP contribution in [0.5, 0.6) is 0 Å². The van der Waals surface area contributed by atoms with Gasteiger partial charge in [0.15, 0.2) is 0 Å². The summed E-state index contributed by atoms with van der Waals surface area (Å²) in [5, 5.41) is 14.0. The highest BCUT2D eigenvalue weighted by molar-refractivity contribution is 9.10. The number of nitrogens with zero attached hydrogens (tertiary/aromatic N) is 1. The Bertz CT molecular complexity index is 469. The van der Waals surface area contributed by atoms with Crippen molar-refractivity contribution in [1.82, 2.24) is 5.32 Å². The maximum atomic E-state index is 10.7. The van der Waals surface area contributed by atoms with Crippen LogP contribution in [0.3, 0.4) is 0 Å². The zero-order valence-electron chi connectivity index (χ0n) is 10.1. The van der Waals surface area contributed by atoms with Gasteiger partial charge in [-0.2, -0.15) is 0 Å². The topological polar surface area (TPSA) is 55.2 Å². The second kappa shape index (κ2) is 7.14. The number of nitro benzene ring substituents is 1. The Morgan fingerprint density at radius 1 is 1.56 bits per heavy atom. The molecule has 0 bridgehead atoms. The van der Waals surface area contributed by atoms with Crippen LogP contribution in [-0.2, 0) is 6.54 Å². The number of halogens is 1. The van der Waals surface area contributed by atoms with Gasteiger partial charge in [0.1, 0.15) is 0 Å². The van der Waals surface area contributed by atoms with Crippen LogP contribution in [0.2, 0.25) is 0 Å². The molecule has 0 aliphatic heterocycles.